The average Bonchev–Trinajstić information content (AvgIpc) is 3.69. The number of thiazole rings is 2. The second kappa shape index (κ2) is 34.5. The fourth-order valence-electron chi connectivity index (χ4n) is 2.66. The molecule has 0 radical (unpaired) electrons. The summed E-state index contributed by atoms with van der Waals surface area (Å²) in [6.45, 7) is 15.1. The zero-order valence-electron chi connectivity index (χ0n) is 33.5. The first-order chi connectivity index (χ1) is 24.8. The van der Waals surface area contributed by atoms with Crippen LogP contribution in [-0.4, -0.2) is 107 Å². The molecule has 0 saturated carbocycles. The van der Waals surface area contributed by atoms with Crippen LogP contribution in [0, 0.1) is 0 Å². The number of carbonyl (C=O) groups excluding carboxylic acids is 5. The first-order valence-corrected chi connectivity index (χ1v) is 18.1. The summed E-state index contributed by atoms with van der Waals surface area (Å²) in [4.78, 5) is 69.5. The number of nitrogens with one attached hydrogen (secondary N) is 2. The van der Waals surface area contributed by atoms with Crippen LogP contribution in [0.25, 0.3) is 0 Å². The van der Waals surface area contributed by atoms with Crippen LogP contribution >= 0.6 is 38.6 Å². The van der Waals surface area contributed by atoms with E-state index in [-0.39, 0.29) is 166 Å². The number of ether oxygens (including phenoxy) is 4. The Labute approximate surface area is 421 Å². The van der Waals surface area contributed by atoms with Crippen LogP contribution in [0.4, 0.5) is 19.9 Å². The number of amides is 2. The zero-order valence-corrected chi connectivity index (χ0v) is 41.9. The Hall–Kier alpha value is -1.54. The van der Waals surface area contributed by atoms with E-state index in [9.17, 15) is 19.2 Å². The number of carbonyl (C=O) groups is 5. The predicted molar refractivity (Wildman–Crippen MR) is 198 cm³/mol. The monoisotopic (exact) mass is 936 g/mol. The van der Waals surface area contributed by atoms with E-state index < -0.39 is 29.2 Å². The van der Waals surface area contributed by atoms with Gasteiger partial charge in [0, 0.05) is 22.6 Å². The second-order valence-electron chi connectivity index (χ2n) is 11.0. The van der Waals surface area contributed by atoms with Gasteiger partial charge in [-0.05, 0) is 55.4 Å². The number of alkyl carbamates (subject to hydrolysis) is 2. The van der Waals surface area contributed by atoms with Gasteiger partial charge in [-0.15, -0.1) is 22.7 Å². The van der Waals surface area contributed by atoms with Gasteiger partial charge in [-0.3, -0.25) is 4.79 Å². The molecule has 0 aliphatic carbocycles. The number of nitrogens with two attached hydrogens (primary N) is 2. The van der Waals surface area contributed by atoms with Crippen LogP contribution in [0.5, 0.6) is 0 Å². The largest absolute Gasteiger partial charge is 1.00 e. The number of oxime groups is 2. The van der Waals surface area contributed by atoms with Gasteiger partial charge < -0.3 is 62.7 Å². The predicted octanol–water partition coefficient (Wildman–Crippen LogP) is -3.54. The number of anilines is 2. The van der Waals surface area contributed by atoms with Crippen LogP contribution in [0.2, 0.25) is 0 Å². The van der Waals surface area contributed by atoms with Gasteiger partial charge in [-0.25, -0.2) is 29.1 Å². The summed E-state index contributed by atoms with van der Waals surface area (Å²) in [5, 5.41) is 33.1. The second-order valence-corrected chi connectivity index (χ2v) is 13.6. The molecule has 0 aliphatic heterocycles. The molecule has 2 aromatic rings. The number of alkyl halides is 1. The molecule has 2 aromatic heterocycles. The molecule has 0 atom stereocenters. The third-order valence-corrected chi connectivity index (χ3v) is 6.13. The number of halogens is 1. The molecule has 0 fully saturated rings. The van der Waals surface area contributed by atoms with E-state index in [2.05, 4.69) is 56.5 Å². The normalized spacial score (nSPS) is 10.6. The topological polar surface area (TPSA) is 311 Å². The number of hydrogen-bond acceptors (Lipinski definition) is 21. The molecule has 0 bridgehead atoms. The number of nitrogen functional groups attached to an aromatic ring is 2. The molecule has 55 heavy (non-hydrogen) atoms. The SMILES string of the molecule is CC(C)(C)OC(=O)NCCBr.CCOC(=O)/C(=N\O)c1csc(N)n1.CCOC(=O)/C(=N\OCCNC(=O)OC(C)(C)C)c1csc(N)n1.O=CO[O-].[H-].[K+].[K+]. The Morgan fingerprint density at radius 2 is 1.27 bits per heavy atom. The van der Waals surface area contributed by atoms with E-state index in [1.54, 1.807) is 40.0 Å². The Morgan fingerprint density at radius 1 is 0.873 bits per heavy atom. The van der Waals surface area contributed by atoms with E-state index in [1.165, 1.54) is 16.7 Å². The van der Waals surface area contributed by atoms with Gasteiger partial charge >= 0.3 is 127 Å². The van der Waals surface area contributed by atoms with Crippen molar-refractivity contribution in [3.8, 4) is 0 Å². The number of esters is 2. The molecule has 21 nitrogen and oxygen atoms in total. The molecular formula is C29H47BrK2N8O13S2. The fraction of sp³-hybridized carbons (Fsp3) is 0.552. The summed E-state index contributed by atoms with van der Waals surface area (Å²) in [6.07, 6.45) is -0.926. The van der Waals surface area contributed by atoms with Gasteiger partial charge in [0.25, 0.3) is 6.47 Å². The average molecular weight is 938 g/mol. The van der Waals surface area contributed by atoms with Gasteiger partial charge in [0.2, 0.25) is 11.4 Å². The Kier molecular flexibility index (Phi) is 37.7. The molecule has 0 spiro atoms. The molecule has 0 aromatic carbocycles. The summed E-state index contributed by atoms with van der Waals surface area (Å²) in [5.41, 5.74) is 10.1. The van der Waals surface area contributed by atoms with Crippen molar-refractivity contribution in [2.75, 3.05) is 49.7 Å². The maximum Gasteiger partial charge on any atom is 1.00 e. The van der Waals surface area contributed by atoms with Crippen molar-refractivity contribution in [3.05, 3.63) is 22.1 Å². The first kappa shape index (κ1) is 60.1. The number of nitrogens with zero attached hydrogens (tertiary/aromatic N) is 4. The Bertz CT molecular complexity index is 1480. The summed E-state index contributed by atoms with van der Waals surface area (Å²) >= 11 is 5.51. The molecule has 7 N–H and O–H groups in total. The Balaban J connectivity index is -0.000000232. The quantitative estimate of drug-likeness (QED) is 0.0124. The van der Waals surface area contributed by atoms with Crippen molar-refractivity contribution in [2.45, 2.75) is 66.6 Å². The van der Waals surface area contributed by atoms with E-state index in [4.69, 9.17) is 45.8 Å². The summed E-state index contributed by atoms with van der Waals surface area (Å²) in [6, 6.07) is 0. The van der Waals surface area contributed by atoms with Crippen LogP contribution in [-0.2, 0) is 43.1 Å². The summed E-state index contributed by atoms with van der Waals surface area (Å²) in [5.74, 6) is -1.39. The van der Waals surface area contributed by atoms with Crippen molar-refractivity contribution in [2.24, 2.45) is 10.3 Å². The number of aromatic nitrogens is 2. The molecule has 0 aliphatic rings. The van der Waals surface area contributed by atoms with Crippen molar-refractivity contribution >= 4 is 90.9 Å². The first-order valence-electron chi connectivity index (χ1n) is 15.2. The number of hydrogen-bond donors (Lipinski definition) is 5. The van der Waals surface area contributed by atoms with Crippen molar-refractivity contribution in [1.29, 1.82) is 0 Å². The van der Waals surface area contributed by atoms with Gasteiger partial charge in [0.05, 0.1) is 19.8 Å². The molecule has 2 amide bonds. The summed E-state index contributed by atoms with van der Waals surface area (Å²) in [7, 11) is 0. The fourth-order valence-corrected chi connectivity index (χ4v) is 3.96. The summed E-state index contributed by atoms with van der Waals surface area (Å²) < 4.78 is 19.6. The van der Waals surface area contributed by atoms with Crippen LogP contribution in [0.3, 0.4) is 0 Å². The molecule has 26 heteroatoms. The Morgan fingerprint density at radius 3 is 1.60 bits per heavy atom. The third kappa shape index (κ3) is 33.2. The van der Waals surface area contributed by atoms with Gasteiger partial charge in [-0.1, -0.05) is 26.2 Å². The van der Waals surface area contributed by atoms with Crippen molar-refractivity contribution in [3.63, 3.8) is 0 Å². The molecule has 302 valence electrons. The van der Waals surface area contributed by atoms with Crippen LogP contribution in [0.1, 0.15) is 68.2 Å². The van der Waals surface area contributed by atoms with E-state index >= 15 is 0 Å². The van der Waals surface area contributed by atoms with Gasteiger partial charge in [0.15, 0.2) is 10.3 Å². The number of rotatable bonds is 13. The minimum atomic E-state index is -0.722. The third-order valence-electron chi connectivity index (χ3n) is 4.39. The minimum absolute atomic E-state index is 0. The van der Waals surface area contributed by atoms with E-state index in [0.717, 1.165) is 16.7 Å². The molecule has 0 unspecified atom stereocenters. The zero-order chi connectivity index (χ0) is 41.0. The van der Waals surface area contributed by atoms with E-state index in [0.29, 0.717) is 16.8 Å². The van der Waals surface area contributed by atoms with E-state index in [1.807, 2.05) is 20.8 Å². The maximum atomic E-state index is 11.9. The van der Waals surface area contributed by atoms with Gasteiger partial charge in [-0.2, -0.15) is 0 Å². The standard InChI is InChI=1S/C14H22N4O5S.C7H14BrNO2.C7H9N3O3S.CH2O3.2K.H/c1-5-21-11(19)10(9-8-24-12(15)17-9)18-22-7-6-16-13(20)23-14(2,3)4;1-7(2,3)11-6(10)9-5-4-8;1-2-13-6(11)5(10-12)4-3-14-7(8)9-4;2-1-4-3;;;/h8H,5-7H2,1-4H3,(H2,15,17)(H,16,20);4-5H2,1-3H3,(H,9,10);3,12H,2H2,1H3,(H2,8,9);1,3H;;;/q;;;;2*+1;-1/p-1/b18-10-;;10-5-;;;;. The molecule has 2 rings (SSSR count). The minimum Gasteiger partial charge on any atom is -1.00 e. The maximum absolute atomic E-state index is 11.9. The van der Waals surface area contributed by atoms with Gasteiger partial charge in [0.1, 0.15) is 29.2 Å². The van der Waals surface area contributed by atoms with Crippen LogP contribution in [0.15, 0.2) is 21.1 Å². The van der Waals surface area contributed by atoms with Crippen molar-refractivity contribution in [1.82, 2.24) is 20.6 Å². The van der Waals surface area contributed by atoms with Crippen LogP contribution < -0.4 is 130 Å². The molecular weight excluding hydrogens is 891 g/mol. The molecule has 2 heterocycles. The smallest absolute Gasteiger partial charge is 1.00 e. The van der Waals surface area contributed by atoms with Crippen molar-refractivity contribution < 1.29 is 167 Å². The molecule has 0 saturated heterocycles.